The first-order valence-electron chi connectivity index (χ1n) is 7.19. The van der Waals surface area contributed by atoms with Gasteiger partial charge in [-0.15, -0.1) is 0 Å². The number of carbonyl (C=O) groups excluding carboxylic acids is 1. The Morgan fingerprint density at radius 3 is 2.88 bits per heavy atom. The lowest BCUT2D eigenvalue weighted by molar-refractivity contribution is 0.104. The van der Waals surface area contributed by atoms with E-state index in [-0.39, 0.29) is 5.57 Å². The van der Waals surface area contributed by atoms with Crippen molar-refractivity contribution in [2.75, 3.05) is 7.11 Å². The number of allylic oxidation sites excluding steroid dienone is 1. The molecule has 0 spiro atoms. The summed E-state index contributed by atoms with van der Waals surface area (Å²) in [4.78, 5) is 15.5. The van der Waals surface area contributed by atoms with Gasteiger partial charge in [-0.25, -0.2) is 4.39 Å². The number of aromatic nitrogens is 1. The molecule has 0 unspecified atom stereocenters. The molecule has 1 N–H and O–H groups in total. The summed E-state index contributed by atoms with van der Waals surface area (Å²) in [5.74, 6) is -0.176. The van der Waals surface area contributed by atoms with E-state index in [9.17, 15) is 14.4 Å². The van der Waals surface area contributed by atoms with E-state index < -0.39 is 11.6 Å². The highest BCUT2D eigenvalue weighted by Gasteiger charge is 2.17. The fourth-order valence-corrected chi connectivity index (χ4v) is 2.48. The van der Waals surface area contributed by atoms with Crippen LogP contribution >= 0.6 is 0 Å². The summed E-state index contributed by atoms with van der Waals surface area (Å²) in [5, 5.41) is 9.94. The summed E-state index contributed by atoms with van der Waals surface area (Å²) < 4.78 is 18.4. The SMILES string of the molecule is COc1cccc(C=C(C#N)C(=O)c2c[nH]c3cc(F)ccc23)c1. The molecule has 0 aliphatic rings. The number of rotatable bonds is 4. The number of benzene rings is 2. The zero-order chi connectivity index (χ0) is 17.1. The third kappa shape index (κ3) is 2.90. The summed E-state index contributed by atoms with van der Waals surface area (Å²) in [6.07, 6.45) is 3.00. The molecule has 0 aliphatic carbocycles. The molecule has 0 atom stereocenters. The number of ether oxygens (including phenoxy) is 1. The quantitative estimate of drug-likeness (QED) is 0.447. The third-order valence-corrected chi connectivity index (χ3v) is 3.66. The van der Waals surface area contributed by atoms with Crippen LogP contribution in [-0.2, 0) is 0 Å². The lowest BCUT2D eigenvalue weighted by Crippen LogP contribution is -2.01. The summed E-state index contributed by atoms with van der Waals surface area (Å²) in [6.45, 7) is 0. The van der Waals surface area contributed by atoms with Crippen LogP contribution in [0, 0.1) is 17.1 Å². The van der Waals surface area contributed by atoms with Gasteiger partial charge in [-0.05, 0) is 42.0 Å². The van der Waals surface area contributed by atoms with Gasteiger partial charge in [0.2, 0.25) is 5.78 Å². The number of nitrogens with one attached hydrogen (secondary N) is 1. The van der Waals surface area contributed by atoms with Gasteiger partial charge in [0.1, 0.15) is 23.2 Å². The second-order valence-corrected chi connectivity index (χ2v) is 5.17. The maximum atomic E-state index is 13.3. The summed E-state index contributed by atoms with van der Waals surface area (Å²) >= 11 is 0. The summed E-state index contributed by atoms with van der Waals surface area (Å²) in [5.41, 5.74) is 1.52. The molecule has 3 rings (SSSR count). The van der Waals surface area contributed by atoms with E-state index in [0.717, 1.165) is 0 Å². The van der Waals surface area contributed by atoms with E-state index in [1.807, 2.05) is 6.07 Å². The number of methoxy groups -OCH3 is 1. The molecule has 0 amide bonds. The van der Waals surface area contributed by atoms with E-state index in [2.05, 4.69) is 4.98 Å². The van der Waals surface area contributed by atoms with Crippen molar-refractivity contribution >= 4 is 22.8 Å². The molecule has 24 heavy (non-hydrogen) atoms. The maximum Gasteiger partial charge on any atom is 0.205 e. The number of carbonyl (C=O) groups is 1. The highest BCUT2D eigenvalue weighted by atomic mass is 19.1. The minimum atomic E-state index is -0.418. The molecule has 1 heterocycles. The Bertz CT molecular complexity index is 996. The molecule has 0 radical (unpaired) electrons. The smallest absolute Gasteiger partial charge is 0.205 e. The van der Waals surface area contributed by atoms with Crippen LogP contribution in [0.25, 0.3) is 17.0 Å². The van der Waals surface area contributed by atoms with Crippen LogP contribution < -0.4 is 4.74 Å². The molecule has 118 valence electrons. The predicted octanol–water partition coefficient (Wildman–Crippen LogP) is 4.11. The number of Topliss-reactive ketones (excluding diaryl/α,β-unsaturated/α-hetero) is 1. The van der Waals surface area contributed by atoms with Crippen molar-refractivity contribution in [1.29, 1.82) is 5.26 Å². The highest BCUT2D eigenvalue weighted by molar-refractivity contribution is 6.19. The molecule has 4 nitrogen and oxygen atoms in total. The average molecular weight is 320 g/mol. The van der Waals surface area contributed by atoms with E-state index in [0.29, 0.717) is 27.8 Å². The molecule has 5 heteroatoms. The molecule has 2 aromatic carbocycles. The van der Waals surface area contributed by atoms with Crippen LogP contribution in [0.5, 0.6) is 5.75 Å². The lowest BCUT2D eigenvalue weighted by Gasteiger charge is -2.02. The van der Waals surface area contributed by atoms with Crippen LogP contribution in [0.2, 0.25) is 0 Å². The van der Waals surface area contributed by atoms with Gasteiger partial charge in [0.15, 0.2) is 0 Å². The maximum absolute atomic E-state index is 13.3. The highest BCUT2D eigenvalue weighted by Crippen LogP contribution is 2.23. The number of ketones is 1. The first kappa shape index (κ1) is 15.5. The van der Waals surface area contributed by atoms with E-state index >= 15 is 0 Å². The number of hydrogen-bond donors (Lipinski definition) is 1. The second kappa shape index (κ2) is 6.39. The van der Waals surface area contributed by atoms with Gasteiger partial charge in [0.05, 0.1) is 7.11 Å². The Balaban J connectivity index is 2.02. The Morgan fingerprint density at radius 1 is 1.29 bits per heavy atom. The molecule has 0 bridgehead atoms. The van der Waals surface area contributed by atoms with E-state index in [1.165, 1.54) is 30.5 Å². The molecular formula is C19H13FN2O2. The standard InChI is InChI=1S/C19H13FN2O2/c1-24-15-4-2-3-12(8-15)7-13(10-21)19(23)17-11-22-18-9-14(20)5-6-16(17)18/h2-9,11,22H,1H3. The molecular weight excluding hydrogens is 307 g/mol. The van der Waals surface area contributed by atoms with Gasteiger partial charge < -0.3 is 9.72 Å². The van der Waals surface area contributed by atoms with Crippen molar-refractivity contribution in [3.05, 3.63) is 71.2 Å². The van der Waals surface area contributed by atoms with Crippen molar-refractivity contribution in [2.24, 2.45) is 0 Å². The van der Waals surface area contributed by atoms with Crippen LogP contribution in [0.3, 0.4) is 0 Å². The molecule has 0 fully saturated rings. The van der Waals surface area contributed by atoms with E-state index in [1.54, 1.807) is 31.4 Å². The van der Waals surface area contributed by atoms with Crippen molar-refractivity contribution < 1.29 is 13.9 Å². The lowest BCUT2D eigenvalue weighted by atomic mass is 10.0. The molecule has 0 saturated carbocycles. The van der Waals surface area contributed by atoms with Gasteiger partial charge >= 0.3 is 0 Å². The van der Waals surface area contributed by atoms with Crippen LogP contribution in [0.4, 0.5) is 4.39 Å². The number of H-pyrrole nitrogens is 1. The molecule has 1 aromatic heterocycles. The largest absolute Gasteiger partial charge is 0.497 e. The number of aromatic amines is 1. The van der Waals surface area contributed by atoms with Gasteiger partial charge in [-0.2, -0.15) is 5.26 Å². The predicted molar refractivity (Wildman–Crippen MR) is 89.2 cm³/mol. The average Bonchev–Trinajstić information content (AvgIpc) is 3.02. The van der Waals surface area contributed by atoms with Gasteiger partial charge in [0.25, 0.3) is 0 Å². The van der Waals surface area contributed by atoms with Gasteiger partial charge in [-0.1, -0.05) is 12.1 Å². The van der Waals surface area contributed by atoms with E-state index in [4.69, 9.17) is 4.74 Å². The van der Waals surface area contributed by atoms with Crippen molar-refractivity contribution in [3.63, 3.8) is 0 Å². The van der Waals surface area contributed by atoms with Crippen LogP contribution in [0.15, 0.2) is 54.2 Å². The van der Waals surface area contributed by atoms with Gasteiger partial charge in [0, 0.05) is 22.7 Å². The Kier molecular flexibility index (Phi) is 4.13. The third-order valence-electron chi connectivity index (χ3n) is 3.66. The Labute approximate surface area is 137 Å². The second-order valence-electron chi connectivity index (χ2n) is 5.17. The van der Waals surface area contributed by atoms with Crippen LogP contribution in [0.1, 0.15) is 15.9 Å². The number of nitriles is 1. The minimum absolute atomic E-state index is 0.00604. The zero-order valence-corrected chi connectivity index (χ0v) is 12.8. The molecule has 3 aromatic rings. The van der Waals surface area contributed by atoms with Crippen molar-refractivity contribution in [1.82, 2.24) is 4.98 Å². The first-order valence-corrected chi connectivity index (χ1v) is 7.19. The van der Waals surface area contributed by atoms with Crippen molar-refractivity contribution in [2.45, 2.75) is 0 Å². The Morgan fingerprint density at radius 2 is 2.12 bits per heavy atom. The first-order chi connectivity index (χ1) is 11.6. The number of halogens is 1. The normalized spacial score (nSPS) is 11.3. The summed E-state index contributed by atoms with van der Waals surface area (Å²) in [6, 6.07) is 13.1. The monoisotopic (exact) mass is 320 g/mol. The minimum Gasteiger partial charge on any atom is -0.497 e. The zero-order valence-electron chi connectivity index (χ0n) is 12.8. The fraction of sp³-hybridized carbons (Fsp3) is 0.0526. The molecule has 0 aliphatic heterocycles. The fourth-order valence-electron chi connectivity index (χ4n) is 2.48. The van der Waals surface area contributed by atoms with Crippen molar-refractivity contribution in [3.8, 4) is 11.8 Å². The number of nitrogens with zero attached hydrogens (tertiary/aromatic N) is 1. The summed E-state index contributed by atoms with van der Waals surface area (Å²) in [7, 11) is 1.55. The Hall–Kier alpha value is -3.39. The topological polar surface area (TPSA) is 65.9 Å². The van der Waals surface area contributed by atoms with Crippen LogP contribution in [-0.4, -0.2) is 17.9 Å². The number of fused-ring (bicyclic) bond motifs is 1. The number of hydrogen-bond acceptors (Lipinski definition) is 3. The molecule has 0 saturated heterocycles. The van der Waals surface area contributed by atoms with Gasteiger partial charge in [-0.3, -0.25) is 4.79 Å².